The summed E-state index contributed by atoms with van der Waals surface area (Å²) in [4.78, 5) is 0. The maximum atomic E-state index is 12.9. The molecule has 2 rings (SSSR count). The van der Waals surface area contributed by atoms with Crippen LogP contribution in [0.15, 0.2) is 18.2 Å². The highest BCUT2D eigenvalue weighted by molar-refractivity contribution is 14.1. The van der Waals surface area contributed by atoms with Crippen LogP contribution in [0.2, 0.25) is 0 Å². The lowest BCUT2D eigenvalue weighted by Crippen LogP contribution is -2.09. The van der Waals surface area contributed by atoms with E-state index in [1.807, 2.05) is 0 Å². The van der Waals surface area contributed by atoms with E-state index >= 15 is 0 Å². The predicted molar refractivity (Wildman–Crippen MR) is 55.7 cm³/mol. The first-order chi connectivity index (χ1) is 5.75. The molecular formula is C10H10FI. The molecule has 1 saturated carbocycles. The molecule has 0 spiro atoms. The molecular weight excluding hydrogens is 266 g/mol. The molecule has 0 aromatic heterocycles. The van der Waals surface area contributed by atoms with Crippen molar-refractivity contribution in [3.63, 3.8) is 0 Å². The molecule has 12 heavy (non-hydrogen) atoms. The number of rotatable bonds is 1. The molecule has 0 atom stereocenters. The molecule has 64 valence electrons. The molecule has 0 bridgehead atoms. The van der Waals surface area contributed by atoms with Gasteiger partial charge in [0.2, 0.25) is 0 Å². The van der Waals surface area contributed by atoms with E-state index in [1.54, 1.807) is 12.1 Å². The van der Waals surface area contributed by atoms with E-state index in [0.29, 0.717) is 5.92 Å². The van der Waals surface area contributed by atoms with Crippen molar-refractivity contribution in [3.8, 4) is 0 Å². The zero-order valence-corrected chi connectivity index (χ0v) is 8.84. The summed E-state index contributed by atoms with van der Waals surface area (Å²) in [6.45, 7) is 0. The Morgan fingerprint density at radius 2 is 2.00 bits per heavy atom. The molecule has 0 unspecified atom stereocenters. The molecule has 2 heteroatoms. The quantitative estimate of drug-likeness (QED) is 0.686. The molecule has 1 aromatic rings. The van der Waals surface area contributed by atoms with E-state index in [1.165, 1.54) is 24.8 Å². The van der Waals surface area contributed by atoms with Crippen molar-refractivity contribution in [2.45, 2.75) is 25.2 Å². The van der Waals surface area contributed by atoms with Crippen LogP contribution < -0.4 is 0 Å². The summed E-state index contributed by atoms with van der Waals surface area (Å²) in [7, 11) is 0. The summed E-state index contributed by atoms with van der Waals surface area (Å²) in [6.07, 6.45) is 3.77. The topological polar surface area (TPSA) is 0 Å². The molecule has 0 aliphatic heterocycles. The summed E-state index contributed by atoms with van der Waals surface area (Å²) in [6, 6.07) is 5.34. The normalized spacial score (nSPS) is 17.5. The van der Waals surface area contributed by atoms with Gasteiger partial charge in [0, 0.05) is 3.57 Å². The van der Waals surface area contributed by atoms with Crippen LogP contribution in [0.25, 0.3) is 0 Å². The smallest absolute Gasteiger partial charge is 0.124 e. The zero-order valence-electron chi connectivity index (χ0n) is 6.69. The van der Waals surface area contributed by atoms with Gasteiger partial charge in [-0.05, 0) is 65.1 Å². The molecule has 0 heterocycles. The Morgan fingerprint density at radius 1 is 1.25 bits per heavy atom. The Morgan fingerprint density at radius 3 is 2.50 bits per heavy atom. The van der Waals surface area contributed by atoms with Crippen LogP contribution in [-0.2, 0) is 0 Å². The van der Waals surface area contributed by atoms with Crippen LogP contribution in [0, 0.1) is 9.39 Å². The average Bonchev–Trinajstić information content (AvgIpc) is 1.79. The molecule has 0 nitrogen and oxygen atoms in total. The largest absolute Gasteiger partial charge is 0.207 e. The third kappa shape index (κ3) is 1.63. The molecule has 0 amide bonds. The van der Waals surface area contributed by atoms with Gasteiger partial charge in [-0.25, -0.2) is 4.39 Å². The van der Waals surface area contributed by atoms with Gasteiger partial charge in [0.05, 0.1) is 0 Å². The van der Waals surface area contributed by atoms with E-state index in [-0.39, 0.29) is 5.82 Å². The van der Waals surface area contributed by atoms with Gasteiger partial charge >= 0.3 is 0 Å². The molecule has 0 saturated heterocycles. The lowest BCUT2D eigenvalue weighted by atomic mass is 9.80. The van der Waals surface area contributed by atoms with Crippen molar-refractivity contribution in [3.05, 3.63) is 33.1 Å². The van der Waals surface area contributed by atoms with Gasteiger partial charge < -0.3 is 0 Å². The maximum absolute atomic E-state index is 12.9. The Kier molecular flexibility index (Phi) is 2.35. The van der Waals surface area contributed by atoms with Gasteiger partial charge in [0.15, 0.2) is 0 Å². The zero-order chi connectivity index (χ0) is 8.55. The molecule has 1 aromatic carbocycles. The molecule has 0 N–H and O–H groups in total. The first-order valence-corrected chi connectivity index (χ1v) is 5.29. The minimum Gasteiger partial charge on any atom is -0.207 e. The van der Waals surface area contributed by atoms with Crippen molar-refractivity contribution in [1.29, 1.82) is 0 Å². The first kappa shape index (κ1) is 8.48. The fourth-order valence-electron chi connectivity index (χ4n) is 1.55. The van der Waals surface area contributed by atoms with Crippen LogP contribution in [0.4, 0.5) is 4.39 Å². The van der Waals surface area contributed by atoms with Crippen LogP contribution in [0.5, 0.6) is 0 Å². The standard InChI is InChI=1S/C10H10FI/c11-9-4-8(5-10(12)6-9)7-2-1-3-7/h4-7H,1-3H2. The highest BCUT2D eigenvalue weighted by Gasteiger charge is 2.19. The fourth-order valence-corrected chi connectivity index (χ4v) is 2.21. The van der Waals surface area contributed by atoms with Gasteiger partial charge in [-0.3, -0.25) is 0 Å². The highest BCUT2D eigenvalue weighted by Crippen LogP contribution is 2.36. The summed E-state index contributed by atoms with van der Waals surface area (Å²) >= 11 is 2.16. The van der Waals surface area contributed by atoms with Gasteiger partial charge in [0.25, 0.3) is 0 Å². The Bertz CT molecular complexity index is 272. The van der Waals surface area contributed by atoms with E-state index < -0.39 is 0 Å². The van der Waals surface area contributed by atoms with E-state index in [2.05, 4.69) is 28.7 Å². The minimum atomic E-state index is -0.0937. The average molecular weight is 276 g/mol. The third-order valence-electron chi connectivity index (χ3n) is 2.46. The second-order valence-corrected chi connectivity index (χ2v) is 4.58. The number of benzene rings is 1. The van der Waals surface area contributed by atoms with Crippen LogP contribution in [-0.4, -0.2) is 0 Å². The molecule has 1 aliphatic carbocycles. The van der Waals surface area contributed by atoms with Crippen LogP contribution in [0.3, 0.4) is 0 Å². The number of halogens is 2. The number of hydrogen-bond acceptors (Lipinski definition) is 0. The molecule has 0 radical (unpaired) electrons. The minimum absolute atomic E-state index is 0.0937. The van der Waals surface area contributed by atoms with Crippen molar-refractivity contribution < 1.29 is 4.39 Å². The van der Waals surface area contributed by atoms with Gasteiger partial charge in [-0.1, -0.05) is 6.42 Å². The summed E-state index contributed by atoms with van der Waals surface area (Å²) in [5, 5.41) is 0. The first-order valence-electron chi connectivity index (χ1n) is 4.22. The Hall–Kier alpha value is -0.120. The second-order valence-electron chi connectivity index (χ2n) is 3.33. The Labute approximate surface area is 85.3 Å². The molecule has 1 aliphatic rings. The number of hydrogen-bond donors (Lipinski definition) is 0. The van der Waals surface area contributed by atoms with Gasteiger partial charge in [-0.15, -0.1) is 0 Å². The van der Waals surface area contributed by atoms with Crippen molar-refractivity contribution in [2.24, 2.45) is 0 Å². The van der Waals surface area contributed by atoms with Gasteiger partial charge in [0.1, 0.15) is 5.82 Å². The van der Waals surface area contributed by atoms with Crippen LogP contribution in [0.1, 0.15) is 30.7 Å². The summed E-state index contributed by atoms with van der Waals surface area (Å²) in [5.41, 5.74) is 1.19. The monoisotopic (exact) mass is 276 g/mol. The maximum Gasteiger partial charge on any atom is 0.124 e. The van der Waals surface area contributed by atoms with E-state index in [4.69, 9.17) is 0 Å². The lowest BCUT2D eigenvalue weighted by molar-refractivity contribution is 0.418. The van der Waals surface area contributed by atoms with Gasteiger partial charge in [-0.2, -0.15) is 0 Å². The van der Waals surface area contributed by atoms with E-state index in [9.17, 15) is 4.39 Å². The fraction of sp³-hybridized carbons (Fsp3) is 0.400. The second kappa shape index (κ2) is 3.32. The SMILES string of the molecule is Fc1cc(I)cc(C2CCC2)c1. The lowest BCUT2D eigenvalue weighted by Gasteiger charge is -2.25. The predicted octanol–water partition coefficient (Wildman–Crippen LogP) is 3.70. The Balaban J connectivity index is 2.30. The van der Waals surface area contributed by atoms with E-state index in [0.717, 1.165) is 3.57 Å². The third-order valence-corrected chi connectivity index (χ3v) is 3.08. The van der Waals surface area contributed by atoms with Crippen molar-refractivity contribution in [1.82, 2.24) is 0 Å². The van der Waals surface area contributed by atoms with Crippen molar-refractivity contribution >= 4 is 22.6 Å². The van der Waals surface area contributed by atoms with Crippen molar-refractivity contribution in [2.75, 3.05) is 0 Å². The van der Waals surface area contributed by atoms with Crippen LogP contribution >= 0.6 is 22.6 Å². The highest BCUT2D eigenvalue weighted by atomic mass is 127. The molecule has 1 fully saturated rings. The summed E-state index contributed by atoms with van der Waals surface area (Å²) < 4.78 is 14.0. The summed E-state index contributed by atoms with van der Waals surface area (Å²) in [5.74, 6) is 0.540.